The van der Waals surface area contributed by atoms with Gasteiger partial charge in [-0.25, -0.2) is 9.97 Å². The number of benzene rings is 3. The monoisotopic (exact) mass is 401 g/mol. The molecular weight excluding hydrogens is 382 g/mol. The fourth-order valence-electron chi connectivity index (χ4n) is 3.00. The average Bonchev–Trinajstić information content (AvgIpc) is 2.78. The smallest absolute Gasteiger partial charge is 0.242 e. The van der Waals surface area contributed by atoms with Crippen molar-refractivity contribution in [3.05, 3.63) is 90.8 Å². The van der Waals surface area contributed by atoms with E-state index in [0.717, 1.165) is 21.5 Å². The summed E-state index contributed by atoms with van der Waals surface area (Å²) in [5.74, 6) is 0.561. The van der Waals surface area contributed by atoms with Crippen LogP contribution in [0.3, 0.4) is 0 Å². The summed E-state index contributed by atoms with van der Waals surface area (Å²) in [6.07, 6.45) is 1.53. The molecular formula is C23H19N3O2S. The van der Waals surface area contributed by atoms with Gasteiger partial charge in [-0.05, 0) is 23.8 Å². The van der Waals surface area contributed by atoms with Crippen molar-refractivity contribution >= 4 is 34.3 Å². The molecule has 0 saturated heterocycles. The molecule has 0 aliphatic rings. The Balaban J connectivity index is 1.67. The van der Waals surface area contributed by atoms with Crippen molar-refractivity contribution in [1.82, 2.24) is 9.97 Å². The molecule has 0 unspecified atom stereocenters. The lowest BCUT2D eigenvalue weighted by atomic mass is 10.1. The van der Waals surface area contributed by atoms with Crippen LogP contribution in [0.2, 0.25) is 0 Å². The van der Waals surface area contributed by atoms with Crippen LogP contribution in [-0.2, 0) is 4.79 Å². The first-order chi connectivity index (χ1) is 14.2. The average molecular weight is 401 g/mol. The summed E-state index contributed by atoms with van der Waals surface area (Å²) < 4.78 is 5.25. The molecule has 1 heterocycles. The first-order valence-corrected chi connectivity index (χ1v) is 9.99. The Bertz CT molecular complexity index is 1130. The van der Waals surface area contributed by atoms with E-state index in [4.69, 9.17) is 4.74 Å². The highest BCUT2D eigenvalue weighted by Crippen LogP contribution is 2.38. The number of aromatic nitrogens is 2. The quantitative estimate of drug-likeness (QED) is 0.359. The van der Waals surface area contributed by atoms with Crippen LogP contribution in [0.15, 0.2) is 90.2 Å². The predicted molar refractivity (Wildman–Crippen MR) is 116 cm³/mol. The van der Waals surface area contributed by atoms with Crippen LogP contribution in [0.4, 0.5) is 5.69 Å². The van der Waals surface area contributed by atoms with Crippen molar-refractivity contribution in [2.75, 3.05) is 12.4 Å². The van der Waals surface area contributed by atoms with Gasteiger partial charge in [0.25, 0.3) is 0 Å². The zero-order valence-electron chi connectivity index (χ0n) is 15.8. The highest BCUT2D eigenvalue weighted by atomic mass is 32.2. The van der Waals surface area contributed by atoms with E-state index in [0.29, 0.717) is 11.4 Å². The van der Waals surface area contributed by atoms with E-state index >= 15 is 0 Å². The molecule has 0 radical (unpaired) electrons. The molecule has 4 aromatic rings. The number of nitrogens with zero attached hydrogens (tertiary/aromatic N) is 2. The van der Waals surface area contributed by atoms with Gasteiger partial charge in [-0.15, -0.1) is 0 Å². The second kappa shape index (κ2) is 8.75. The van der Waals surface area contributed by atoms with Gasteiger partial charge in [-0.3, -0.25) is 4.79 Å². The summed E-state index contributed by atoms with van der Waals surface area (Å²) in [6.45, 7) is 0. The number of methoxy groups -OCH3 is 1. The molecule has 1 amide bonds. The first kappa shape index (κ1) is 19.0. The molecule has 144 valence electrons. The number of rotatable bonds is 6. The Kier molecular flexibility index (Phi) is 5.72. The van der Waals surface area contributed by atoms with Crippen molar-refractivity contribution in [3.63, 3.8) is 0 Å². The number of carbonyl (C=O) groups excluding carboxylic acids is 1. The summed E-state index contributed by atoms with van der Waals surface area (Å²) in [6, 6.07) is 24.8. The maximum absolute atomic E-state index is 13.2. The number of nitrogens with one attached hydrogen (secondary N) is 1. The Morgan fingerprint density at radius 2 is 1.76 bits per heavy atom. The molecule has 1 atom stereocenters. The first-order valence-electron chi connectivity index (χ1n) is 9.11. The van der Waals surface area contributed by atoms with E-state index in [1.54, 1.807) is 13.2 Å². The lowest BCUT2D eigenvalue weighted by molar-refractivity contribution is -0.115. The number of fused-ring (bicyclic) bond motifs is 1. The summed E-state index contributed by atoms with van der Waals surface area (Å²) in [4.78, 5) is 22.0. The van der Waals surface area contributed by atoms with Gasteiger partial charge in [0.05, 0.1) is 12.6 Å². The topological polar surface area (TPSA) is 64.1 Å². The van der Waals surface area contributed by atoms with Crippen molar-refractivity contribution in [3.8, 4) is 5.75 Å². The lowest BCUT2D eigenvalue weighted by Gasteiger charge is -2.17. The summed E-state index contributed by atoms with van der Waals surface area (Å²) in [5, 5.41) is 4.22. The maximum Gasteiger partial charge on any atom is 0.242 e. The van der Waals surface area contributed by atoms with Gasteiger partial charge in [0.1, 0.15) is 22.4 Å². The molecule has 1 N–H and O–H groups in total. The molecule has 5 nitrogen and oxygen atoms in total. The largest absolute Gasteiger partial charge is 0.497 e. The minimum atomic E-state index is -0.472. The number of anilines is 1. The molecule has 6 heteroatoms. The van der Waals surface area contributed by atoms with Crippen LogP contribution >= 0.6 is 11.8 Å². The molecule has 4 rings (SSSR count). The Hall–Kier alpha value is -3.38. The standard InChI is InChI=1S/C23H19N3O2S/c1-28-18-11-7-10-17(14-18)26-22(27)21(16-8-3-2-4-9-16)29-23-19-12-5-6-13-20(19)24-15-25-23/h2-15,21H,1H3,(H,26,27)/t21-/m0/s1. The van der Waals surface area contributed by atoms with Crippen LogP contribution < -0.4 is 10.1 Å². The Labute approximate surface area is 173 Å². The van der Waals surface area contributed by atoms with E-state index in [1.165, 1.54) is 18.1 Å². The van der Waals surface area contributed by atoms with Crippen LogP contribution in [0.25, 0.3) is 10.9 Å². The van der Waals surface area contributed by atoms with Gasteiger partial charge in [0, 0.05) is 17.1 Å². The van der Waals surface area contributed by atoms with E-state index in [9.17, 15) is 4.79 Å². The third-order valence-electron chi connectivity index (χ3n) is 4.41. The molecule has 0 fully saturated rings. The number of thioether (sulfide) groups is 1. The summed E-state index contributed by atoms with van der Waals surface area (Å²) in [7, 11) is 1.60. The maximum atomic E-state index is 13.2. The van der Waals surface area contributed by atoms with Gasteiger partial charge in [-0.2, -0.15) is 0 Å². The fourth-order valence-corrected chi connectivity index (χ4v) is 4.09. The molecule has 0 bridgehead atoms. The minimum Gasteiger partial charge on any atom is -0.497 e. The highest BCUT2D eigenvalue weighted by Gasteiger charge is 2.24. The Morgan fingerprint density at radius 3 is 2.59 bits per heavy atom. The van der Waals surface area contributed by atoms with Gasteiger partial charge in [-0.1, -0.05) is 66.4 Å². The van der Waals surface area contributed by atoms with Crippen LogP contribution in [-0.4, -0.2) is 23.0 Å². The molecule has 0 aliphatic carbocycles. The van der Waals surface area contributed by atoms with Crippen LogP contribution in [0.5, 0.6) is 5.75 Å². The van der Waals surface area contributed by atoms with Gasteiger partial charge in [0.15, 0.2) is 0 Å². The molecule has 0 aliphatic heterocycles. The van der Waals surface area contributed by atoms with Crippen LogP contribution in [0.1, 0.15) is 10.8 Å². The van der Waals surface area contributed by atoms with Gasteiger partial charge >= 0.3 is 0 Å². The van der Waals surface area contributed by atoms with E-state index < -0.39 is 5.25 Å². The van der Waals surface area contributed by atoms with Gasteiger partial charge in [0.2, 0.25) is 5.91 Å². The number of amides is 1. The predicted octanol–water partition coefficient (Wildman–Crippen LogP) is 5.11. The van der Waals surface area contributed by atoms with Crippen molar-refractivity contribution < 1.29 is 9.53 Å². The van der Waals surface area contributed by atoms with E-state index in [2.05, 4.69) is 15.3 Å². The molecule has 0 saturated carbocycles. The molecule has 3 aromatic carbocycles. The Morgan fingerprint density at radius 1 is 0.966 bits per heavy atom. The molecule has 0 spiro atoms. The second-order valence-electron chi connectivity index (χ2n) is 6.33. The van der Waals surface area contributed by atoms with Gasteiger partial charge < -0.3 is 10.1 Å². The lowest BCUT2D eigenvalue weighted by Crippen LogP contribution is -2.19. The van der Waals surface area contributed by atoms with Crippen molar-refractivity contribution in [2.45, 2.75) is 10.3 Å². The molecule has 29 heavy (non-hydrogen) atoms. The highest BCUT2D eigenvalue weighted by molar-refractivity contribution is 8.00. The fraction of sp³-hybridized carbons (Fsp3) is 0.0870. The van der Waals surface area contributed by atoms with Crippen LogP contribution in [0, 0.1) is 0 Å². The van der Waals surface area contributed by atoms with E-state index in [1.807, 2.05) is 72.8 Å². The number of para-hydroxylation sites is 1. The van der Waals surface area contributed by atoms with Crippen molar-refractivity contribution in [2.24, 2.45) is 0 Å². The number of carbonyl (C=O) groups is 1. The number of ether oxygens (including phenoxy) is 1. The summed E-state index contributed by atoms with van der Waals surface area (Å²) in [5.41, 5.74) is 2.44. The third-order valence-corrected chi connectivity index (χ3v) is 5.68. The number of hydrogen-bond acceptors (Lipinski definition) is 5. The van der Waals surface area contributed by atoms with E-state index in [-0.39, 0.29) is 5.91 Å². The molecule has 1 aromatic heterocycles. The zero-order chi connectivity index (χ0) is 20.1. The minimum absolute atomic E-state index is 0.128. The normalized spacial score (nSPS) is 11.8. The third kappa shape index (κ3) is 4.38. The summed E-state index contributed by atoms with van der Waals surface area (Å²) >= 11 is 1.41. The SMILES string of the molecule is COc1cccc(NC(=O)[C@@H](Sc2ncnc3ccccc23)c2ccccc2)c1. The zero-order valence-corrected chi connectivity index (χ0v) is 16.6. The number of hydrogen-bond donors (Lipinski definition) is 1. The second-order valence-corrected chi connectivity index (χ2v) is 7.42. The van der Waals surface area contributed by atoms with Crippen molar-refractivity contribution in [1.29, 1.82) is 0 Å².